The van der Waals surface area contributed by atoms with Crippen molar-refractivity contribution in [3.63, 3.8) is 0 Å². The maximum absolute atomic E-state index is 12.2. The van der Waals surface area contributed by atoms with Crippen LogP contribution in [0.3, 0.4) is 0 Å². The monoisotopic (exact) mass is 455 g/mol. The quantitative estimate of drug-likeness (QED) is 0.421. The standard InChI is InChI=1S/C29H45NO3/c1-17-6-9-25(30-16-17)18(2)27-26(33-19(3)31)15-24-22-8-7-20-14-21(32)10-12-28(20,4)23(22)11-13-29(24,27)5/h7,17-18,21-24,26-27,32H,6,8-16H2,1-5H3/t17-,18+,21-,22-,23-,24-,26+,27-,28-,29-/m0/s1. The molecule has 0 bridgehead atoms. The molecule has 4 aliphatic carbocycles. The summed E-state index contributed by atoms with van der Waals surface area (Å²) in [6.45, 7) is 12.2. The van der Waals surface area contributed by atoms with E-state index in [0.717, 1.165) is 45.1 Å². The third-order valence-corrected chi connectivity index (χ3v) is 11.0. The van der Waals surface area contributed by atoms with Crippen LogP contribution in [0.1, 0.15) is 92.4 Å². The number of aliphatic hydroxyl groups excluding tert-OH is 1. The summed E-state index contributed by atoms with van der Waals surface area (Å²) in [5.74, 6) is 3.26. The Kier molecular flexibility index (Phi) is 6.07. The molecule has 3 saturated carbocycles. The molecule has 4 heteroatoms. The number of nitrogens with zero attached hydrogens (tertiary/aromatic N) is 1. The zero-order valence-corrected chi connectivity index (χ0v) is 21.5. The smallest absolute Gasteiger partial charge is 0.302 e. The van der Waals surface area contributed by atoms with Crippen molar-refractivity contribution in [2.75, 3.05) is 6.54 Å². The molecule has 0 unspecified atom stereocenters. The van der Waals surface area contributed by atoms with Crippen LogP contribution in [-0.4, -0.2) is 35.5 Å². The fraction of sp³-hybridized carbons (Fsp3) is 0.862. The summed E-state index contributed by atoms with van der Waals surface area (Å²) in [6, 6.07) is 0. The first-order chi connectivity index (χ1) is 15.6. The van der Waals surface area contributed by atoms with Gasteiger partial charge >= 0.3 is 5.97 Å². The number of carbonyl (C=O) groups excluding carboxylic acids is 1. The zero-order chi connectivity index (χ0) is 23.5. The van der Waals surface area contributed by atoms with E-state index in [4.69, 9.17) is 9.73 Å². The van der Waals surface area contributed by atoms with Gasteiger partial charge in [-0.25, -0.2) is 0 Å². The minimum Gasteiger partial charge on any atom is -0.462 e. The molecule has 0 spiro atoms. The minimum absolute atomic E-state index is 0.0136. The van der Waals surface area contributed by atoms with Crippen molar-refractivity contribution >= 4 is 11.7 Å². The van der Waals surface area contributed by atoms with Crippen LogP contribution in [0.2, 0.25) is 0 Å². The average Bonchev–Trinajstić information content (AvgIpc) is 3.05. The lowest BCUT2D eigenvalue weighted by Gasteiger charge is -2.58. The highest BCUT2D eigenvalue weighted by Crippen LogP contribution is 2.67. The highest BCUT2D eigenvalue weighted by Gasteiger charge is 2.63. The van der Waals surface area contributed by atoms with Crippen LogP contribution >= 0.6 is 0 Å². The minimum atomic E-state index is -0.154. The predicted molar refractivity (Wildman–Crippen MR) is 132 cm³/mol. The fourth-order valence-corrected chi connectivity index (χ4v) is 9.31. The third kappa shape index (κ3) is 3.83. The van der Waals surface area contributed by atoms with Gasteiger partial charge in [-0.2, -0.15) is 0 Å². The Bertz CT molecular complexity index is 848. The molecule has 184 valence electrons. The molecule has 4 nitrogen and oxygen atoms in total. The van der Waals surface area contributed by atoms with E-state index in [2.05, 4.69) is 33.8 Å². The molecule has 1 aliphatic heterocycles. The van der Waals surface area contributed by atoms with Gasteiger partial charge in [-0.05, 0) is 92.3 Å². The molecule has 0 aromatic rings. The maximum atomic E-state index is 12.2. The Morgan fingerprint density at radius 2 is 2.00 bits per heavy atom. The number of allylic oxidation sites excluding steroid dienone is 1. The first-order valence-corrected chi connectivity index (χ1v) is 13.7. The van der Waals surface area contributed by atoms with Crippen LogP contribution in [0.5, 0.6) is 0 Å². The number of aliphatic imine (C=N–C) groups is 1. The largest absolute Gasteiger partial charge is 0.462 e. The third-order valence-electron chi connectivity index (χ3n) is 11.0. The van der Waals surface area contributed by atoms with Gasteiger partial charge in [-0.1, -0.05) is 39.3 Å². The second-order valence-corrected chi connectivity index (χ2v) is 12.9. The molecule has 0 saturated heterocycles. The first kappa shape index (κ1) is 23.6. The summed E-state index contributed by atoms with van der Waals surface area (Å²) in [6.07, 6.45) is 12.3. The first-order valence-electron chi connectivity index (χ1n) is 13.7. The fourth-order valence-electron chi connectivity index (χ4n) is 9.31. The number of ether oxygens (including phenoxy) is 1. The van der Waals surface area contributed by atoms with Crippen molar-refractivity contribution in [1.82, 2.24) is 0 Å². The van der Waals surface area contributed by atoms with Gasteiger partial charge in [0, 0.05) is 31.0 Å². The second kappa shape index (κ2) is 8.50. The van der Waals surface area contributed by atoms with Crippen molar-refractivity contribution in [3.8, 4) is 0 Å². The SMILES string of the molecule is CC(=O)O[C@@H]1C[C@H]2[C@H]3CC=C4C[C@@H](O)CC[C@]4(C)[C@H]3CC[C@]2(C)[C@H]1[C@H](C)C1=NC[C@@H](C)CC1. The molecule has 33 heavy (non-hydrogen) atoms. The van der Waals surface area contributed by atoms with E-state index in [1.165, 1.54) is 30.5 Å². The lowest BCUT2D eigenvalue weighted by molar-refractivity contribution is -0.149. The molecule has 1 N–H and O–H groups in total. The van der Waals surface area contributed by atoms with Gasteiger partial charge in [0.05, 0.1) is 6.10 Å². The lowest BCUT2D eigenvalue weighted by atomic mass is 9.47. The molecule has 0 radical (unpaired) electrons. The second-order valence-electron chi connectivity index (χ2n) is 12.9. The van der Waals surface area contributed by atoms with Gasteiger partial charge < -0.3 is 9.84 Å². The topological polar surface area (TPSA) is 58.9 Å². The van der Waals surface area contributed by atoms with Crippen LogP contribution in [0.4, 0.5) is 0 Å². The number of fused-ring (bicyclic) bond motifs is 5. The van der Waals surface area contributed by atoms with Gasteiger partial charge in [0.2, 0.25) is 0 Å². The molecule has 1 heterocycles. The maximum Gasteiger partial charge on any atom is 0.302 e. The van der Waals surface area contributed by atoms with Gasteiger partial charge in [0.15, 0.2) is 0 Å². The van der Waals surface area contributed by atoms with Crippen molar-refractivity contribution < 1.29 is 14.6 Å². The molecule has 3 fully saturated rings. The van der Waals surface area contributed by atoms with Gasteiger partial charge in [-0.15, -0.1) is 0 Å². The van der Waals surface area contributed by atoms with Crippen molar-refractivity contribution in [3.05, 3.63) is 11.6 Å². The van der Waals surface area contributed by atoms with Crippen LogP contribution in [-0.2, 0) is 9.53 Å². The van der Waals surface area contributed by atoms with Gasteiger partial charge in [0.1, 0.15) is 6.10 Å². The number of rotatable bonds is 3. The highest BCUT2D eigenvalue weighted by atomic mass is 16.5. The molecule has 0 amide bonds. The molecule has 0 aromatic heterocycles. The van der Waals surface area contributed by atoms with Crippen LogP contribution in [0, 0.1) is 46.3 Å². The van der Waals surface area contributed by atoms with E-state index in [9.17, 15) is 9.90 Å². The van der Waals surface area contributed by atoms with Crippen molar-refractivity contribution in [2.24, 2.45) is 51.3 Å². The lowest BCUT2D eigenvalue weighted by Crippen LogP contribution is -2.51. The Balaban J connectivity index is 1.47. The molecular weight excluding hydrogens is 410 g/mol. The summed E-state index contributed by atoms with van der Waals surface area (Å²) >= 11 is 0. The van der Waals surface area contributed by atoms with Crippen LogP contribution < -0.4 is 0 Å². The van der Waals surface area contributed by atoms with E-state index in [1.54, 1.807) is 6.92 Å². The molecule has 0 aromatic carbocycles. The molecule has 10 atom stereocenters. The normalized spacial score (nSPS) is 48.0. The number of hydrogen-bond donors (Lipinski definition) is 1. The van der Waals surface area contributed by atoms with Crippen LogP contribution in [0.15, 0.2) is 16.6 Å². The molecular formula is C29H45NO3. The Morgan fingerprint density at radius 1 is 1.21 bits per heavy atom. The van der Waals surface area contributed by atoms with Crippen molar-refractivity contribution in [1.29, 1.82) is 0 Å². The summed E-state index contributed by atoms with van der Waals surface area (Å²) in [5.41, 5.74) is 3.34. The van der Waals surface area contributed by atoms with E-state index >= 15 is 0 Å². The van der Waals surface area contributed by atoms with Gasteiger partial charge in [-0.3, -0.25) is 9.79 Å². The number of aliphatic hydroxyl groups is 1. The Hall–Kier alpha value is -1.16. The Morgan fingerprint density at radius 3 is 2.70 bits per heavy atom. The summed E-state index contributed by atoms with van der Waals surface area (Å²) in [7, 11) is 0. The van der Waals surface area contributed by atoms with E-state index in [1.807, 2.05) is 0 Å². The number of esters is 1. The van der Waals surface area contributed by atoms with E-state index in [0.29, 0.717) is 35.5 Å². The number of carbonyl (C=O) groups is 1. The highest BCUT2D eigenvalue weighted by molar-refractivity contribution is 5.87. The summed E-state index contributed by atoms with van der Waals surface area (Å²) in [4.78, 5) is 17.2. The number of hydrogen-bond acceptors (Lipinski definition) is 4. The zero-order valence-electron chi connectivity index (χ0n) is 21.5. The van der Waals surface area contributed by atoms with Crippen LogP contribution in [0.25, 0.3) is 0 Å². The average molecular weight is 456 g/mol. The Labute approximate surface area is 200 Å². The summed E-state index contributed by atoms with van der Waals surface area (Å²) < 4.78 is 6.10. The summed E-state index contributed by atoms with van der Waals surface area (Å²) in [5, 5.41) is 10.3. The molecule has 5 aliphatic rings. The van der Waals surface area contributed by atoms with Gasteiger partial charge in [0.25, 0.3) is 0 Å². The van der Waals surface area contributed by atoms with Crippen molar-refractivity contribution in [2.45, 2.75) is 105 Å². The van der Waals surface area contributed by atoms with E-state index < -0.39 is 0 Å². The predicted octanol–water partition coefficient (Wildman–Crippen LogP) is 5.97. The van der Waals surface area contributed by atoms with E-state index in [-0.39, 0.29) is 29.0 Å². The molecule has 5 rings (SSSR count).